The van der Waals surface area contributed by atoms with E-state index < -0.39 is 22.5 Å². The average Bonchev–Trinajstić information content (AvgIpc) is 2.74. The van der Waals surface area contributed by atoms with Crippen LogP contribution in [0.3, 0.4) is 0 Å². The number of rotatable bonds is 17. The zero-order valence-electron chi connectivity index (χ0n) is 21.7. The predicted molar refractivity (Wildman–Crippen MR) is 138 cm³/mol. The third-order valence-electron chi connectivity index (χ3n) is 7.37. The SMILES string of the molecule is C=CC(=O)N(CCCC(C)[Si](C)(C)OC(CC)(CC)[Si](C)(C)CCCC)CC(O)CO. The summed E-state index contributed by atoms with van der Waals surface area (Å²) in [5.41, 5.74) is 0.462. The lowest BCUT2D eigenvalue weighted by Crippen LogP contribution is -2.60. The Morgan fingerprint density at radius 3 is 2.19 bits per heavy atom. The van der Waals surface area contributed by atoms with Crippen LogP contribution in [0.25, 0.3) is 0 Å². The van der Waals surface area contributed by atoms with Crippen molar-refractivity contribution in [2.75, 3.05) is 19.7 Å². The minimum atomic E-state index is -1.96. The van der Waals surface area contributed by atoms with Crippen molar-refractivity contribution in [1.29, 1.82) is 0 Å². The summed E-state index contributed by atoms with van der Waals surface area (Å²) in [4.78, 5) is 13.7. The zero-order chi connectivity index (χ0) is 24.3. The van der Waals surface area contributed by atoms with Gasteiger partial charge in [0.25, 0.3) is 0 Å². The second-order valence-electron chi connectivity index (χ2n) is 10.3. The average molecular weight is 474 g/mol. The first-order valence-electron chi connectivity index (χ1n) is 12.3. The number of nitrogens with zero attached hydrogens (tertiary/aromatic N) is 1. The molecule has 7 heteroatoms. The molecule has 2 atom stereocenters. The van der Waals surface area contributed by atoms with Crippen LogP contribution in [0.2, 0.25) is 37.8 Å². The van der Waals surface area contributed by atoms with Crippen molar-refractivity contribution in [3.8, 4) is 0 Å². The first-order chi connectivity index (χ1) is 14.4. The van der Waals surface area contributed by atoms with E-state index in [1.165, 1.54) is 25.0 Å². The minimum absolute atomic E-state index is 0.0300. The van der Waals surface area contributed by atoms with E-state index in [1.807, 2.05) is 0 Å². The van der Waals surface area contributed by atoms with E-state index in [2.05, 4.69) is 60.5 Å². The van der Waals surface area contributed by atoms with E-state index in [9.17, 15) is 9.90 Å². The summed E-state index contributed by atoms with van der Waals surface area (Å²) in [5, 5.41) is 18.9. The number of aliphatic hydroxyl groups excluding tert-OH is 2. The zero-order valence-corrected chi connectivity index (χ0v) is 23.7. The van der Waals surface area contributed by atoms with Crippen molar-refractivity contribution in [2.24, 2.45) is 0 Å². The Kier molecular flexibility index (Phi) is 13.7. The Balaban J connectivity index is 5.19. The molecule has 31 heavy (non-hydrogen) atoms. The molecule has 2 unspecified atom stereocenters. The van der Waals surface area contributed by atoms with E-state index in [-0.39, 0.29) is 24.3 Å². The van der Waals surface area contributed by atoms with Gasteiger partial charge in [0.05, 0.1) is 20.8 Å². The summed E-state index contributed by atoms with van der Waals surface area (Å²) in [6.45, 7) is 22.8. The molecule has 0 aromatic heterocycles. The van der Waals surface area contributed by atoms with Crippen LogP contribution < -0.4 is 0 Å². The highest BCUT2D eigenvalue weighted by Gasteiger charge is 2.48. The number of aliphatic hydroxyl groups is 2. The number of carbonyl (C=O) groups excluding carboxylic acids is 1. The van der Waals surface area contributed by atoms with Gasteiger partial charge in [0, 0.05) is 18.3 Å². The lowest BCUT2D eigenvalue weighted by molar-refractivity contribution is -0.127. The van der Waals surface area contributed by atoms with Gasteiger partial charge >= 0.3 is 0 Å². The highest BCUT2D eigenvalue weighted by molar-refractivity contribution is 6.82. The molecule has 0 heterocycles. The van der Waals surface area contributed by atoms with Crippen LogP contribution >= 0.6 is 0 Å². The Morgan fingerprint density at radius 2 is 1.74 bits per heavy atom. The summed E-state index contributed by atoms with van der Waals surface area (Å²) < 4.78 is 7.19. The largest absolute Gasteiger partial charge is 0.414 e. The van der Waals surface area contributed by atoms with Gasteiger partial charge in [-0.25, -0.2) is 0 Å². The van der Waals surface area contributed by atoms with Crippen molar-refractivity contribution in [3.63, 3.8) is 0 Å². The molecule has 0 bridgehead atoms. The van der Waals surface area contributed by atoms with Crippen LogP contribution in [-0.2, 0) is 9.22 Å². The molecular weight excluding hydrogens is 422 g/mol. The molecule has 184 valence electrons. The van der Waals surface area contributed by atoms with Crippen molar-refractivity contribution < 1.29 is 19.4 Å². The maximum absolute atomic E-state index is 12.1. The Hall–Kier alpha value is -0.476. The molecule has 0 aliphatic carbocycles. The van der Waals surface area contributed by atoms with E-state index in [1.54, 1.807) is 4.90 Å². The number of carbonyl (C=O) groups is 1. The van der Waals surface area contributed by atoms with Crippen LogP contribution in [0.5, 0.6) is 0 Å². The summed E-state index contributed by atoms with van der Waals surface area (Å²) in [6, 6.07) is 1.32. The molecule has 0 saturated heterocycles. The second kappa shape index (κ2) is 13.9. The molecule has 0 aliphatic heterocycles. The lowest BCUT2D eigenvalue weighted by Gasteiger charge is -2.50. The fraction of sp³-hybridized carbons (Fsp3) is 0.875. The van der Waals surface area contributed by atoms with Gasteiger partial charge in [-0.15, -0.1) is 0 Å². The molecule has 1 amide bonds. The first kappa shape index (κ1) is 30.5. The van der Waals surface area contributed by atoms with Crippen molar-refractivity contribution in [3.05, 3.63) is 12.7 Å². The number of hydrogen-bond donors (Lipinski definition) is 2. The van der Waals surface area contributed by atoms with Crippen LogP contribution in [0, 0.1) is 0 Å². The lowest BCUT2D eigenvalue weighted by atomic mass is 10.2. The van der Waals surface area contributed by atoms with Crippen molar-refractivity contribution in [1.82, 2.24) is 4.90 Å². The molecule has 0 spiro atoms. The van der Waals surface area contributed by atoms with Crippen molar-refractivity contribution in [2.45, 2.75) is 115 Å². The van der Waals surface area contributed by atoms with Gasteiger partial charge in [-0.2, -0.15) is 0 Å². The molecule has 0 aromatic rings. The summed E-state index contributed by atoms with van der Waals surface area (Å²) in [7, 11) is -3.51. The van der Waals surface area contributed by atoms with Gasteiger partial charge in [0.1, 0.15) is 0 Å². The Bertz CT molecular complexity index is 536. The monoisotopic (exact) mass is 473 g/mol. The minimum Gasteiger partial charge on any atom is -0.414 e. The van der Waals surface area contributed by atoms with E-state index in [4.69, 9.17) is 9.53 Å². The molecule has 0 rings (SSSR count). The number of unbranched alkanes of at least 4 members (excludes halogenated alkanes) is 1. The summed E-state index contributed by atoms with van der Waals surface area (Å²) >= 11 is 0. The third-order valence-corrected chi connectivity index (χ3v) is 16.0. The van der Waals surface area contributed by atoms with Gasteiger partial charge < -0.3 is 19.5 Å². The molecule has 5 nitrogen and oxygen atoms in total. The van der Waals surface area contributed by atoms with Crippen LogP contribution in [0.4, 0.5) is 0 Å². The fourth-order valence-electron chi connectivity index (χ4n) is 4.61. The van der Waals surface area contributed by atoms with Gasteiger partial charge in [-0.1, -0.05) is 66.3 Å². The molecule has 2 N–H and O–H groups in total. The molecule has 0 saturated carbocycles. The number of amides is 1. The molecule has 0 fully saturated rings. The summed E-state index contributed by atoms with van der Waals surface area (Å²) in [5.74, 6) is -0.201. The molecule has 0 aliphatic rings. The Morgan fingerprint density at radius 1 is 1.16 bits per heavy atom. The van der Waals surface area contributed by atoms with Crippen LogP contribution in [0.15, 0.2) is 12.7 Å². The quantitative estimate of drug-likeness (QED) is 0.221. The molecule has 0 radical (unpaired) electrons. The van der Waals surface area contributed by atoms with Crippen molar-refractivity contribution >= 4 is 22.3 Å². The molecule has 0 aromatic carbocycles. The van der Waals surface area contributed by atoms with Gasteiger partial charge in [-0.05, 0) is 50.4 Å². The maximum atomic E-state index is 12.1. The number of hydrogen-bond acceptors (Lipinski definition) is 4. The van der Waals surface area contributed by atoms with Crippen LogP contribution in [0.1, 0.15) is 66.2 Å². The third kappa shape index (κ3) is 9.12. The fourth-order valence-corrected chi connectivity index (χ4v) is 12.5. The smallest absolute Gasteiger partial charge is 0.246 e. The maximum Gasteiger partial charge on any atom is 0.246 e. The van der Waals surface area contributed by atoms with E-state index in [0.29, 0.717) is 12.1 Å². The van der Waals surface area contributed by atoms with E-state index >= 15 is 0 Å². The standard InChI is InChI=1S/C24H51NO4Si2/c1-10-14-18-30(6,7)24(12-3,13-4)29-31(8,9)21(5)16-15-17-25(23(28)11-2)19-22(27)20-26/h11,21-22,26-27H,2,10,12-20H2,1,3-9H3. The second-order valence-corrected chi connectivity index (χ2v) is 19.8. The highest BCUT2D eigenvalue weighted by atomic mass is 28.4. The van der Waals surface area contributed by atoms with Gasteiger partial charge in [-0.3, -0.25) is 4.79 Å². The first-order valence-corrected chi connectivity index (χ1v) is 18.5. The predicted octanol–water partition coefficient (Wildman–Crippen LogP) is 5.35. The van der Waals surface area contributed by atoms with E-state index in [0.717, 1.165) is 25.7 Å². The highest BCUT2D eigenvalue weighted by Crippen LogP contribution is 2.41. The molecular formula is C24H51NO4Si2. The Labute approximate surface area is 194 Å². The topological polar surface area (TPSA) is 70.0 Å². The normalized spacial score (nSPS) is 14.9. The summed E-state index contributed by atoms with van der Waals surface area (Å²) in [6.07, 6.45) is 6.87. The van der Waals surface area contributed by atoms with Gasteiger partial charge in [0.15, 0.2) is 8.32 Å². The van der Waals surface area contributed by atoms with Crippen LogP contribution in [-0.4, -0.2) is 68.4 Å². The van der Waals surface area contributed by atoms with Gasteiger partial charge in [0.2, 0.25) is 5.91 Å².